The van der Waals surface area contributed by atoms with Gasteiger partial charge in [-0.25, -0.2) is 0 Å². The van der Waals surface area contributed by atoms with Crippen molar-refractivity contribution in [3.05, 3.63) is 105 Å². The summed E-state index contributed by atoms with van der Waals surface area (Å²) in [5.74, 6) is 0.588. The van der Waals surface area contributed by atoms with Crippen molar-refractivity contribution in [2.24, 2.45) is 0 Å². The molecule has 0 fully saturated rings. The molecule has 0 saturated heterocycles. The number of aromatic nitrogens is 1. The summed E-state index contributed by atoms with van der Waals surface area (Å²) in [5, 5.41) is 0.502. The van der Waals surface area contributed by atoms with Crippen LogP contribution in [0.15, 0.2) is 70.1 Å². The quantitative estimate of drug-likeness (QED) is 0.324. The zero-order valence-corrected chi connectivity index (χ0v) is 20.2. The van der Waals surface area contributed by atoms with E-state index < -0.39 is 6.04 Å². The van der Waals surface area contributed by atoms with Gasteiger partial charge in [-0.15, -0.1) is 0 Å². The van der Waals surface area contributed by atoms with E-state index in [1.54, 1.807) is 17.3 Å². The first kappa shape index (κ1) is 22.8. The third-order valence-corrected chi connectivity index (χ3v) is 6.44. The number of pyridine rings is 1. The molecule has 1 amide bonds. The minimum Gasteiger partial charge on any atom is -0.494 e. The second-order valence-electron chi connectivity index (χ2n) is 9.10. The molecule has 1 aliphatic rings. The summed E-state index contributed by atoms with van der Waals surface area (Å²) in [4.78, 5) is 33.4. The van der Waals surface area contributed by atoms with E-state index in [0.29, 0.717) is 29.7 Å². The van der Waals surface area contributed by atoms with E-state index in [2.05, 4.69) is 11.9 Å². The van der Waals surface area contributed by atoms with Crippen LogP contribution in [0.25, 0.3) is 11.0 Å². The molecule has 0 N–H and O–H groups in total. The molecule has 1 atom stereocenters. The van der Waals surface area contributed by atoms with Gasteiger partial charge in [-0.05, 0) is 66.8 Å². The minimum absolute atomic E-state index is 0.117. The van der Waals surface area contributed by atoms with E-state index in [-0.39, 0.29) is 17.1 Å². The Morgan fingerprint density at radius 3 is 2.60 bits per heavy atom. The van der Waals surface area contributed by atoms with Crippen molar-refractivity contribution in [2.75, 3.05) is 6.61 Å². The van der Waals surface area contributed by atoms with Crippen LogP contribution in [0.3, 0.4) is 0 Å². The summed E-state index contributed by atoms with van der Waals surface area (Å²) >= 11 is 0. The summed E-state index contributed by atoms with van der Waals surface area (Å²) < 4.78 is 12.0. The third kappa shape index (κ3) is 4.20. The third-order valence-electron chi connectivity index (χ3n) is 6.44. The highest BCUT2D eigenvalue weighted by Crippen LogP contribution is 2.40. The molecule has 35 heavy (non-hydrogen) atoms. The average Bonchev–Trinajstić information content (AvgIpc) is 3.13. The standard InChI is InChI=1S/C29H28N2O4/c1-4-5-13-34-22-10-8-21(9-11-22)25-24-26(32)23-15-18(2)14-19(3)27(23)35-28(24)29(33)31(25)17-20-7-6-12-30-16-20/h6-12,14-16,25H,4-5,13,17H2,1-3H3. The normalized spacial score (nSPS) is 15.0. The van der Waals surface area contributed by atoms with Crippen LogP contribution in [0.4, 0.5) is 0 Å². The van der Waals surface area contributed by atoms with Crippen molar-refractivity contribution >= 4 is 16.9 Å². The molecule has 0 spiro atoms. The summed E-state index contributed by atoms with van der Waals surface area (Å²) in [6.45, 7) is 6.93. The predicted molar refractivity (Wildman–Crippen MR) is 135 cm³/mol. The molecule has 0 radical (unpaired) electrons. The molecule has 6 nitrogen and oxygen atoms in total. The fraction of sp³-hybridized carbons (Fsp3) is 0.276. The molecule has 3 heterocycles. The SMILES string of the molecule is CCCCOc1ccc(C2c3c(oc4c(C)cc(C)cc4c3=O)C(=O)N2Cc2cccnc2)cc1. The second-order valence-corrected chi connectivity index (χ2v) is 9.10. The van der Waals surface area contributed by atoms with E-state index >= 15 is 0 Å². The van der Waals surface area contributed by atoms with Gasteiger partial charge in [0.1, 0.15) is 11.3 Å². The zero-order chi connectivity index (χ0) is 24.5. The highest BCUT2D eigenvalue weighted by atomic mass is 16.5. The lowest BCUT2D eigenvalue weighted by molar-refractivity contribution is 0.0714. The summed E-state index contributed by atoms with van der Waals surface area (Å²) in [5.41, 5.74) is 4.21. The van der Waals surface area contributed by atoms with Crippen LogP contribution >= 0.6 is 0 Å². The van der Waals surface area contributed by atoms with E-state index in [1.807, 2.05) is 62.4 Å². The number of nitrogens with zero attached hydrogens (tertiary/aromatic N) is 2. The van der Waals surface area contributed by atoms with Gasteiger partial charge in [-0.2, -0.15) is 0 Å². The fourth-order valence-corrected chi connectivity index (χ4v) is 4.75. The van der Waals surface area contributed by atoms with Crippen LogP contribution in [-0.4, -0.2) is 22.4 Å². The molecule has 5 rings (SSSR count). The Bertz CT molecular complexity index is 1440. The van der Waals surface area contributed by atoms with Gasteiger partial charge < -0.3 is 14.1 Å². The van der Waals surface area contributed by atoms with Crippen LogP contribution in [0, 0.1) is 13.8 Å². The highest BCUT2D eigenvalue weighted by Gasteiger charge is 2.42. The van der Waals surface area contributed by atoms with Gasteiger partial charge in [0.2, 0.25) is 5.76 Å². The molecular weight excluding hydrogens is 440 g/mol. The van der Waals surface area contributed by atoms with Crippen molar-refractivity contribution in [2.45, 2.75) is 46.2 Å². The van der Waals surface area contributed by atoms with Gasteiger partial charge in [0.05, 0.1) is 23.6 Å². The number of aryl methyl sites for hydroxylation is 2. The summed E-state index contributed by atoms with van der Waals surface area (Å²) in [7, 11) is 0. The number of rotatable bonds is 7. The van der Waals surface area contributed by atoms with E-state index in [4.69, 9.17) is 9.15 Å². The topological polar surface area (TPSA) is 72.6 Å². The van der Waals surface area contributed by atoms with Crippen molar-refractivity contribution in [1.82, 2.24) is 9.88 Å². The second kappa shape index (κ2) is 9.37. The van der Waals surface area contributed by atoms with Gasteiger partial charge in [0.15, 0.2) is 5.43 Å². The molecule has 4 aromatic rings. The first-order valence-corrected chi connectivity index (χ1v) is 12.0. The van der Waals surface area contributed by atoms with Gasteiger partial charge in [0, 0.05) is 18.9 Å². The number of ether oxygens (including phenoxy) is 1. The van der Waals surface area contributed by atoms with Crippen molar-refractivity contribution in [3.63, 3.8) is 0 Å². The Hall–Kier alpha value is -3.93. The number of hydrogen-bond acceptors (Lipinski definition) is 5. The van der Waals surface area contributed by atoms with Crippen molar-refractivity contribution in [3.8, 4) is 5.75 Å². The molecule has 2 aromatic heterocycles. The van der Waals surface area contributed by atoms with Crippen molar-refractivity contribution < 1.29 is 13.9 Å². The summed E-state index contributed by atoms with van der Waals surface area (Å²) in [6, 6.07) is 14.6. The molecule has 178 valence electrons. The maximum atomic E-state index is 13.8. The summed E-state index contributed by atoms with van der Waals surface area (Å²) in [6.07, 6.45) is 5.47. The molecule has 0 saturated carbocycles. The predicted octanol–water partition coefficient (Wildman–Crippen LogP) is 5.73. The van der Waals surface area contributed by atoms with Crippen LogP contribution in [0.1, 0.15) is 64.2 Å². The lowest BCUT2D eigenvalue weighted by Gasteiger charge is -2.25. The number of carbonyl (C=O) groups is 1. The largest absolute Gasteiger partial charge is 0.494 e. The average molecular weight is 469 g/mol. The maximum absolute atomic E-state index is 13.8. The molecule has 6 heteroatoms. The lowest BCUT2D eigenvalue weighted by Crippen LogP contribution is -2.29. The number of carbonyl (C=O) groups excluding carboxylic acids is 1. The van der Waals surface area contributed by atoms with Crippen LogP contribution in [0.5, 0.6) is 5.75 Å². The Kier molecular flexibility index (Phi) is 6.12. The fourth-order valence-electron chi connectivity index (χ4n) is 4.75. The molecular formula is C29H28N2O4. The van der Waals surface area contributed by atoms with E-state index in [9.17, 15) is 9.59 Å². The zero-order valence-electron chi connectivity index (χ0n) is 20.2. The Morgan fingerprint density at radius 2 is 1.89 bits per heavy atom. The van der Waals surface area contributed by atoms with Crippen LogP contribution in [0.2, 0.25) is 0 Å². The number of fused-ring (bicyclic) bond motifs is 2. The lowest BCUT2D eigenvalue weighted by atomic mass is 9.97. The van der Waals surface area contributed by atoms with Gasteiger partial charge >= 0.3 is 0 Å². The van der Waals surface area contributed by atoms with Crippen LogP contribution < -0.4 is 10.2 Å². The van der Waals surface area contributed by atoms with Crippen molar-refractivity contribution in [1.29, 1.82) is 0 Å². The Balaban J connectivity index is 1.64. The first-order valence-electron chi connectivity index (χ1n) is 12.0. The first-order chi connectivity index (χ1) is 17.0. The van der Waals surface area contributed by atoms with E-state index in [1.165, 1.54) is 0 Å². The maximum Gasteiger partial charge on any atom is 0.291 e. The molecule has 1 unspecified atom stereocenters. The van der Waals surface area contributed by atoms with Gasteiger partial charge in [0.25, 0.3) is 5.91 Å². The molecule has 0 bridgehead atoms. The number of benzene rings is 2. The minimum atomic E-state index is -0.566. The Labute approximate surface area is 204 Å². The van der Waals surface area contributed by atoms with Crippen LogP contribution in [-0.2, 0) is 6.54 Å². The van der Waals surface area contributed by atoms with Gasteiger partial charge in [-0.1, -0.05) is 37.6 Å². The molecule has 1 aliphatic heterocycles. The number of amides is 1. The monoisotopic (exact) mass is 468 g/mol. The molecule has 0 aliphatic carbocycles. The number of hydrogen-bond donors (Lipinski definition) is 0. The van der Waals surface area contributed by atoms with E-state index in [0.717, 1.165) is 40.8 Å². The smallest absolute Gasteiger partial charge is 0.291 e. The highest BCUT2D eigenvalue weighted by molar-refractivity contribution is 5.99. The molecule has 2 aromatic carbocycles. The Morgan fingerprint density at radius 1 is 1.09 bits per heavy atom. The number of unbranched alkanes of at least 4 members (excludes halogenated alkanes) is 1. The van der Waals surface area contributed by atoms with Gasteiger partial charge in [-0.3, -0.25) is 14.6 Å².